The number of Topliss-reactive ketones (excluding diaryl/α,β-unsaturated/α-hetero) is 2. The van der Waals surface area contributed by atoms with Crippen LogP contribution in [0, 0.1) is 0 Å². The minimum atomic E-state index is -0.228. The first-order valence-electron chi connectivity index (χ1n) is 14.3. The summed E-state index contributed by atoms with van der Waals surface area (Å²) in [6.45, 7) is 17.9. The summed E-state index contributed by atoms with van der Waals surface area (Å²) in [5, 5.41) is 0. The van der Waals surface area contributed by atoms with Crippen molar-refractivity contribution < 1.29 is 9.59 Å². The van der Waals surface area contributed by atoms with Gasteiger partial charge < -0.3 is 0 Å². The number of nitrogens with zero attached hydrogens (tertiary/aromatic N) is 1. The Bertz CT molecular complexity index is 1690. The number of allylic oxidation sites excluding steroid dienone is 1. The zero-order valence-corrected chi connectivity index (χ0v) is 26.9. The fourth-order valence-corrected chi connectivity index (χ4v) is 8.11. The molecule has 0 radical (unpaired) electrons. The summed E-state index contributed by atoms with van der Waals surface area (Å²) in [4.78, 5) is 32.9. The standard InChI is InChI=1S/C37H37NO2Se/c1-35(2,3)28-19-32(38-30-15-11-9-13-26(30)37(7,8)27-14-10-12-16-31(27)38)29(36(4,5)6)18-22(28)17-23-33(39)24-20-41-21-25(24)34(23)40/h9-21H,1-8H3. The predicted molar refractivity (Wildman–Crippen MR) is 171 cm³/mol. The number of benzene rings is 3. The molecule has 0 bridgehead atoms. The maximum atomic E-state index is 13.3. The summed E-state index contributed by atoms with van der Waals surface area (Å²) in [5.74, 6) is -0.272. The third-order valence-electron chi connectivity index (χ3n) is 8.60. The van der Waals surface area contributed by atoms with Gasteiger partial charge in [0.2, 0.25) is 0 Å². The van der Waals surface area contributed by atoms with E-state index in [0.29, 0.717) is 11.1 Å². The second-order valence-corrected chi connectivity index (χ2v) is 15.4. The summed E-state index contributed by atoms with van der Waals surface area (Å²) in [7, 11) is 0. The Morgan fingerprint density at radius 1 is 0.683 bits per heavy atom. The molecule has 6 rings (SSSR count). The number of anilines is 3. The predicted octanol–water partition coefficient (Wildman–Crippen LogP) is 8.91. The zero-order valence-electron chi connectivity index (χ0n) is 25.2. The van der Waals surface area contributed by atoms with E-state index in [4.69, 9.17) is 0 Å². The van der Waals surface area contributed by atoms with E-state index in [2.05, 4.69) is 121 Å². The molecule has 1 aromatic heterocycles. The van der Waals surface area contributed by atoms with Gasteiger partial charge >= 0.3 is 195 Å². The van der Waals surface area contributed by atoms with Crippen LogP contribution in [-0.4, -0.2) is 26.1 Å². The van der Waals surface area contributed by atoms with E-state index >= 15 is 0 Å². The van der Waals surface area contributed by atoms with Crippen LogP contribution >= 0.6 is 0 Å². The van der Waals surface area contributed by atoms with Crippen LogP contribution in [0.1, 0.15) is 104 Å². The third-order valence-corrected chi connectivity index (χ3v) is 10.2. The summed E-state index contributed by atoms with van der Waals surface area (Å²) in [6, 6.07) is 22.0. The van der Waals surface area contributed by atoms with Crippen molar-refractivity contribution in [2.24, 2.45) is 0 Å². The van der Waals surface area contributed by atoms with Gasteiger partial charge in [-0.1, -0.05) is 50.2 Å². The number of hydrogen-bond donors (Lipinski definition) is 0. The maximum absolute atomic E-state index is 13.3. The number of rotatable bonds is 2. The summed E-state index contributed by atoms with van der Waals surface area (Å²) in [6.07, 6.45) is 1.86. The topological polar surface area (TPSA) is 37.4 Å². The number of carbonyl (C=O) groups is 2. The van der Waals surface area contributed by atoms with Gasteiger partial charge in [-0.25, -0.2) is 0 Å². The molecule has 2 heterocycles. The van der Waals surface area contributed by atoms with Gasteiger partial charge in [0.15, 0.2) is 0 Å². The first kappa shape index (κ1) is 27.7. The van der Waals surface area contributed by atoms with Crippen LogP contribution in [-0.2, 0) is 16.2 Å². The average molecular weight is 607 g/mol. The van der Waals surface area contributed by atoms with Crippen molar-refractivity contribution in [3.8, 4) is 0 Å². The average Bonchev–Trinajstić information content (AvgIpc) is 3.48. The fourth-order valence-electron chi connectivity index (χ4n) is 6.42. The third kappa shape index (κ3) is 4.31. The summed E-state index contributed by atoms with van der Waals surface area (Å²) < 4.78 is 0. The van der Waals surface area contributed by atoms with Crippen molar-refractivity contribution >= 4 is 49.2 Å². The normalized spacial score (nSPS) is 16.0. The van der Waals surface area contributed by atoms with Crippen molar-refractivity contribution in [3.05, 3.63) is 115 Å². The molecular weight excluding hydrogens is 569 g/mol. The van der Waals surface area contributed by atoms with Gasteiger partial charge in [-0.05, 0) is 0 Å². The van der Waals surface area contributed by atoms with Gasteiger partial charge in [-0.2, -0.15) is 0 Å². The van der Waals surface area contributed by atoms with Gasteiger partial charge in [0.25, 0.3) is 0 Å². The molecule has 41 heavy (non-hydrogen) atoms. The van der Waals surface area contributed by atoms with Crippen molar-refractivity contribution in [3.63, 3.8) is 0 Å². The SMILES string of the molecule is CC(C)(C)c1cc(N2c3ccccc3C(C)(C)c3ccccc32)c(C(C)(C)C)cc1C=C1C(=O)c2c[se]cc2C1=O. The molecule has 3 aromatic carbocycles. The van der Waals surface area contributed by atoms with Crippen LogP contribution in [0.3, 0.4) is 0 Å². The molecule has 0 spiro atoms. The first-order chi connectivity index (χ1) is 19.2. The quantitative estimate of drug-likeness (QED) is 0.130. The second kappa shape index (κ2) is 9.28. The van der Waals surface area contributed by atoms with Crippen molar-refractivity contribution in [2.45, 2.75) is 71.6 Å². The molecule has 0 unspecified atom stereocenters. The molecule has 1 aliphatic carbocycles. The van der Waals surface area contributed by atoms with E-state index in [1.807, 2.05) is 16.0 Å². The fraction of sp³-hybridized carbons (Fsp3) is 0.297. The number of fused-ring (bicyclic) bond motifs is 3. The summed E-state index contributed by atoms with van der Waals surface area (Å²) in [5.41, 5.74) is 10.2. The zero-order chi connectivity index (χ0) is 29.5. The van der Waals surface area contributed by atoms with Gasteiger partial charge in [-0.3, -0.25) is 0 Å². The van der Waals surface area contributed by atoms with E-state index in [9.17, 15) is 9.59 Å². The molecular formula is C37H37NO2Se. The number of hydrogen-bond acceptors (Lipinski definition) is 3. The van der Waals surface area contributed by atoms with Crippen molar-refractivity contribution in [2.75, 3.05) is 4.90 Å². The molecule has 3 nitrogen and oxygen atoms in total. The van der Waals surface area contributed by atoms with E-state index in [-0.39, 0.29) is 47.9 Å². The van der Waals surface area contributed by atoms with E-state index in [1.165, 1.54) is 28.1 Å². The number of carbonyl (C=O) groups excluding carboxylic acids is 2. The number of ketones is 2. The van der Waals surface area contributed by atoms with Crippen LogP contribution in [0.15, 0.2) is 76.1 Å². The number of para-hydroxylation sites is 2. The van der Waals surface area contributed by atoms with Gasteiger partial charge in [0, 0.05) is 5.41 Å². The molecule has 2 aliphatic rings. The van der Waals surface area contributed by atoms with Gasteiger partial charge in [0.05, 0.1) is 0 Å². The second-order valence-electron chi connectivity index (χ2n) is 13.9. The summed E-state index contributed by atoms with van der Waals surface area (Å²) >= 11 is 0.0920. The van der Waals surface area contributed by atoms with E-state index in [1.54, 1.807) is 0 Å². The Hall–Kier alpha value is -3.46. The van der Waals surface area contributed by atoms with Crippen molar-refractivity contribution in [1.82, 2.24) is 0 Å². The minimum absolute atomic E-state index is 0.0920. The van der Waals surface area contributed by atoms with Crippen molar-refractivity contribution in [1.29, 1.82) is 0 Å². The van der Waals surface area contributed by atoms with Gasteiger partial charge in [0.1, 0.15) is 0 Å². The van der Waals surface area contributed by atoms with Crippen LogP contribution in [0.2, 0.25) is 0 Å². The van der Waals surface area contributed by atoms with Crippen LogP contribution in [0.25, 0.3) is 6.08 Å². The molecule has 0 saturated carbocycles. The van der Waals surface area contributed by atoms with Crippen LogP contribution < -0.4 is 4.90 Å². The molecule has 0 amide bonds. The Balaban J connectivity index is 1.65. The molecule has 4 aromatic rings. The first-order valence-corrected chi connectivity index (χ1v) is 16.2. The Morgan fingerprint density at radius 3 is 1.66 bits per heavy atom. The molecule has 1 aliphatic heterocycles. The molecule has 208 valence electrons. The molecule has 0 fully saturated rings. The van der Waals surface area contributed by atoms with E-state index in [0.717, 1.165) is 16.8 Å². The Kier molecular flexibility index (Phi) is 6.27. The molecule has 0 atom stereocenters. The molecule has 0 saturated heterocycles. The molecule has 4 heteroatoms. The Labute approximate surface area is 249 Å². The van der Waals surface area contributed by atoms with E-state index < -0.39 is 0 Å². The Morgan fingerprint density at radius 2 is 1.17 bits per heavy atom. The monoisotopic (exact) mass is 607 g/mol. The van der Waals surface area contributed by atoms with Crippen LogP contribution in [0.4, 0.5) is 17.1 Å². The van der Waals surface area contributed by atoms with Crippen LogP contribution in [0.5, 0.6) is 0 Å². The van der Waals surface area contributed by atoms with Gasteiger partial charge in [-0.15, -0.1) is 0 Å². The molecule has 0 N–H and O–H groups in total.